The largest absolute Gasteiger partial charge is 0.496 e. The van der Waals surface area contributed by atoms with Crippen molar-refractivity contribution >= 4 is 39.5 Å². The number of carbonyl (C=O) groups excluding carboxylic acids is 2. The molecule has 0 radical (unpaired) electrons. The third-order valence-electron chi connectivity index (χ3n) is 3.76. The molecule has 0 spiro atoms. The summed E-state index contributed by atoms with van der Waals surface area (Å²) in [6, 6.07) is 14.1. The van der Waals surface area contributed by atoms with E-state index < -0.39 is 11.8 Å². The van der Waals surface area contributed by atoms with Gasteiger partial charge in [0.2, 0.25) is 0 Å². The fourth-order valence-corrected chi connectivity index (χ4v) is 3.02. The SMILES string of the molecule is COc1ccc(/C=C2/C(=O)N(C(=O)c3ccccc3)N=C2C)cc1Br. The van der Waals surface area contributed by atoms with Crippen molar-refractivity contribution in [2.75, 3.05) is 7.11 Å². The maximum atomic E-state index is 12.6. The van der Waals surface area contributed by atoms with Crippen molar-refractivity contribution in [3.8, 4) is 5.75 Å². The third kappa shape index (κ3) is 3.39. The van der Waals surface area contributed by atoms with Crippen molar-refractivity contribution < 1.29 is 14.3 Å². The number of hydrogen-bond acceptors (Lipinski definition) is 4. The first-order valence-corrected chi connectivity index (χ1v) is 8.35. The number of halogens is 1. The predicted molar refractivity (Wildman–Crippen MR) is 99.4 cm³/mol. The van der Waals surface area contributed by atoms with E-state index >= 15 is 0 Å². The first-order valence-electron chi connectivity index (χ1n) is 7.56. The fraction of sp³-hybridized carbons (Fsp3) is 0.105. The zero-order valence-electron chi connectivity index (χ0n) is 13.7. The molecule has 0 saturated heterocycles. The number of benzene rings is 2. The van der Waals surface area contributed by atoms with E-state index in [1.807, 2.05) is 18.2 Å². The maximum absolute atomic E-state index is 12.6. The van der Waals surface area contributed by atoms with Crippen molar-refractivity contribution in [3.63, 3.8) is 0 Å². The quantitative estimate of drug-likeness (QED) is 0.581. The van der Waals surface area contributed by atoms with Gasteiger partial charge in [-0.25, -0.2) is 0 Å². The van der Waals surface area contributed by atoms with Crippen LogP contribution < -0.4 is 4.74 Å². The zero-order valence-corrected chi connectivity index (χ0v) is 15.3. The number of ether oxygens (including phenoxy) is 1. The Morgan fingerprint density at radius 1 is 1.20 bits per heavy atom. The minimum atomic E-state index is -0.440. The topological polar surface area (TPSA) is 59.0 Å². The van der Waals surface area contributed by atoms with Crippen LogP contribution in [0.5, 0.6) is 5.75 Å². The smallest absolute Gasteiger partial charge is 0.283 e. The molecule has 1 heterocycles. The molecule has 0 atom stereocenters. The third-order valence-corrected chi connectivity index (χ3v) is 4.38. The van der Waals surface area contributed by atoms with Crippen molar-refractivity contribution in [1.29, 1.82) is 0 Å². The summed E-state index contributed by atoms with van der Waals surface area (Å²) in [5.41, 5.74) is 2.11. The maximum Gasteiger partial charge on any atom is 0.283 e. The van der Waals surface area contributed by atoms with E-state index in [1.54, 1.807) is 50.4 Å². The van der Waals surface area contributed by atoms with E-state index in [-0.39, 0.29) is 0 Å². The lowest BCUT2D eigenvalue weighted by Gasteiger charge is -2.09. The van der Waals surface area contributed by atoms with Gasteiger partial charge in [0.05, 0.1) is 22.9 Å². The van der Waals surface area contributed by atoms with Crippen LogP contribution in [0.1, 0.15) is 22.8 Å². The molecule has 126 valence electrons. The lowest BCUT2D eigenvalue weighted by Crippen LogP contribution is -2.29. The van der Waals surface area contributed by atoms with Crippen LogP contribution in [0, 0.1) is 0 Å². The monoisotopic (exact) mass is 398 g/mol. The molecular weight excluding hydrogens is 384 g/mol. The van der Waals surface area contributed by atoms with Gasteiger partial charge in [-0.05, 0) is 58.8 Å². The highest BCUT2D eigenvalue weighted by molar-refractivity contribution is 9.10. The van der Waals surface area contributed by atoms with Crippen LogP contribution in [0.25, 0.3) is 6.08 Å². The Hall–Kier alpha value is -2.73. The highest BCUT2D eigenvalue weighted by atomic mass is 79.9. The Balaban J connectivity index is 1.90. The average molecular weight is 399 g/mol. The molecule has 0 fully saturated rings. The van der Waals surface area contributed by atoms with Crippen molar-refractivity contribution in [1.82, 2.24) is 5.01 Å². The Labute approximate surface area is 153 Å². The van der Waals surface area contributed by atoms with Crippen LogP contribution in [0.3, 0.4) is 0 Å². The summed E-state index contributed by atoms with van der Waals surface area (Å²) in [5.74, 6) is -0.172. The summed E-state index contributed by atoms with van der Waals surface area (Å²) < 4.78 is 5.98. The van der Waals surface area contributed by atoms with E-state index in [0.717, 1.165) is 15.0 Å². The lowest BCUT2D eigenvalue weighted by molar-refractivity contribution is -0.123. The number of rotatable bonds is 3. The second-order valence-electron chi connectivity index (χ2n) is 5.43. The van der Waals surface area contributed by atoms with Crippen molar-refractivity contribution in [2.24, 2.45) is 5.10 Å². The van der Waals surface area contributed by atoms with Gasteiger partial charge in [0.15, 0.2) is 0 Å². The first-order chi connectivity index (χ1) is 12.0. The van der Waals surface area contributed by atoms with Crippen LogP contribution in [0.2, 0.25) is 0 Å². The summed E-state index contributed by atoms with van der Waals surface area (Å²) >= 11 is 3.42. The summed E-state index contributed by atoms with van der Waals surface area (Å²) in [7, 11) is 1.59. The minimum Gasteiger partial charge on any atom is -0.496 e. The Bertz CT molecular complexity index is 904. The summed E-state index contributed by atoms with van der Waals surface area (Å²) in [5, 5.41) is 5.04. The molecule has 0 bridgehead atoms. The van der Waals surface area contributed by atoms with Gasteiger partial charge in [-0.1, -0.05) is 24.3 Å². The molecule has 1 aliphatic heterocycles. The van der Waals surface area contributed by atoms with E-state index in [1.165, 1.54) is 0 Å². The lowest BCUT2D eigenvalue weighted by atomic mass is 10.1. The molecule has 0 unspecified atom stereocenters. The van der Waals surface area contributed by atoms with E-state index in [4.69, 9.17) is 4.74 Å². The van der Waals surface area contributed by atoms with Gasteiger partial charge in [0, 0.05) is 5.56 Å². The Morgan fingerprint density at radius 2 is 1.92 bits per heavy atom. The molecule has 0 aliphatic carbocycles. The highest BCUT2D eigenvalue weighted by Gasteiger charge is 2.32. The number of hydrogen-bond donors (Lipinski definition) is 0. The Morgan fingerprint density at radius 3 is 2.56 bits per heavy atom. The first kappa shape index (κ1) is 17.1. The second-order valence-corrected chi connectivity index (χ2v) is 6.28. The van der Waals surface area contributed by atoms with Gasteiger partial charge in [-0.3, -0.25) is 9.59 Å². The summed E-state index contributed by atoms with van der Waals surface area (Å²) in [6.45, 7) is 1.71. The number of hydrazone groups is 1. The highest BCUT2D eigenvalue weighted by Crippen LogP contribution is 2.27. The number of nitrogens with zero attached hydrogens (tertiary/aromatic N) is 2. The molecule has 0 saturated carbocycles. The average Bonchev–Trinajstić information content (AvgIpc) is 2.90. The van der Waals surface area contributed by atoms with Gasteiger partial charge in [0.1, 0.15) is 5.75 Å². The van der Waals surface area contributed by atoms with E-state index in [9.17, 15) is 9.59 Å². The molecular formula is C19H15BrN2O3. The molecule has 5 nitrogen and oxygen atoms in total. The molecule has 2 amide bonds. The van der Waals surface area contributed by atoms with Gasteiger partial charge >= 0.3 is 0 Å². The number of methoxy groups -OCH3 is 1. The van der Waals surface area contributed by atoms with Gasteiger partial charge in [0.25, 0.3) is 11.8 Å². The van der Waals surface area contributed by atoms with Crippen LogP contribution in [-0.4, -0.2) is 29.6 Å². The molecule has 25 heavy (non-hydrogen) atoms. The Kier molecular flexibility index (Phi) is 4.81. The molecule has 0 N–H and O–H groups in total. The molecule has 1 aliphatic rings. The molecule has 2 aromatic carbocycles. The van der Waals surface area contributed by atoms with Gasteiger partial charge in [-0.15, -0.1) is 0 Å². The summed E-state index contributed by atoms with van der Waals surface area (Å²) in [6.07, 6.45) is 1.71. The van der Waals surface area contributed by atoms with Crippen LogP contribution in [-0.2, 0) is 4.79 Å². The predicted octanol–water partition coefficient (Wildman–Crippen LogP) is 3.90. The van der Waals surface area contributed by atoms with E-state index in [2.05, 4.69) is 21.0 Å². The number of carbonyl (C=O) groups is 2. The minimum absolute atomic E-state index is 0.390. The molecule has 6 heteroatoms. The van der Waals surface area contributed by atoms with Crippen LogP contribution in [0.4, 0.5) is 0 Å². The zero-order chi connectivity index (χ0) is 18.0. The van der Waals surface area contributed by atoms with Crippen molar-refractivity contribution in [2.45, 2.75) is 6.92 Å². The summed E-state index contributed by atoms with van der Waals surface area (Å²) in [4.78, 5) is 25.1. The normalized spacial score (nSPS) is 15.5. The second kappa shape index (κ2) is 7.03. The van der Waals surface area contributed by atoms with Crippen molar-refractivity contribution in [3.05, 3.63) is 69.7 Å². The van der Waals surface area contributed by atoms with Crippen LogP contribution >= 0.6 is 15.9 Å². The molecule has 3 rings (SSSR count). The number of imide groups is 1. The van der Waals surface area contributed by atoms with Crippen LogP contribution in [0.15, 0.2) is 63.7 Å². The molecule has 2 aromatic rings. The van der Waals surface area contributed by atoms with Gasteiger partial charge in [-0.2, -0.15) is 10.1 Å². The molecule has 0 aromatic heterocycles. The number of amides is 2. The van der Waals surface area contributed by atoms with Gasteiger partial charge < -0.3 is 4.74 Å². The van der Waals surface area contributed by atoms with E-state index in [0.29, 0.717) is 22.6 Å². The standard InChI is InChI=1S/C19H15BrN2O3/c1-12-15(10-13-8-9-17(25-2)16(20)11-13)19(24)22(21-12)18(23)14-6-4-3-5-7-14/h3-11H,1-2H3/b15-10+. The fourth-order valence-electron chi connectivity index (χ4n) is 2.46.